The Kier molecular flexibility index (Phi) is 7.33. The van der Waals surface area contributed by atoms with E-state index in [0.29, 0.717) is 43.9 Å². The number of benzene rings is 2. The van der Waals surface area contributed by atoms with Gasteiger partial charge in [0, 0.05) is 43.9 Å². The van der Waals surface area contributed by atoms with Crippen molar-refractivity contribution in [2.45, 2.75) is 25.3 Å². The largest absolute Gasteiger partial charge is 0.378 e. The number of hydrogen-bond acceptors (Lipinski definition) is 5. The Bertz CT molecular complexity index is 1210. The molecule has 2 aromatic carbocycles. The van der Waals surface area contributed by atoms with Gasteiger partial charge in [0.1, 0.15) is 6.04 Å². The number of aromatic nitrogens is 1. The smallest absolute Gasteiger partial charge is 0.254 e. The van der Waals surface area contributed by atoms with E-state index in [9.17, 15) is 14.5 Å². The van der Waals surface area contributed by atoms with Crippen LogP contribution >= 0.6 is 0 Å². The van der Waals surface area contributed by atoms with Crippen molar-refractivity contribution in [1.29, 1.82) is 0 Å². The lowest BCUT2D eigenvalue weighted by Gasteiger charge is -2.27. The molecule has 0 spiro atoms. The summed E-state index contributed by atoms with van der Waals surface area (Å²) in [6.45, 7) is 4.36. The summed E-state index contributed by atoms with van der Waals surface area (Å²) in [5, 5.41) is 3.42. The van der Waals surface area contributed by atoms with Gasteiger partial charge in [-0.2, -0.15) is 4.91 Å². The van der Waals surface area contributed by atoms with Crippen molar-refractivity contribution in [3.63, 3.8) is 0 Å². The zero-order chi connectivity index (χ0) is 24.1. The molecule has 0 N–H and O–H groups in total. The zero-order valence-electron chi connectivity index (χ0n) is 19.5. The van der Waals surface area contributed by atoms with Crippen LogP contribution in [0.15, 0.2) is 76.8 Å². The highest BCUT2D eigenvalue weighted by Crippen LogP contribution is 2.37. The molecule has 2 atom stereocenters. The first-order valence-electron chi connectivity index (χ1n) is 11.5. The molecule has 1 amide bonds. The summed E-state index contributed by atoms with van der Waals surface area (Å²) in [4.78, 5) is 38.4. The molecule has 1 saturated heterocycles. The second-order valence-corrected chi connectivity index (χ2v) is 8.70. The van der Waals surface area contributed by atoms with Crippen LogP contribution in [0.5, 0.6) is 0 Å². The Balaban J connectivity index is 1.65. The second-order valence-electron chi connectivity index (χ2n) is 8.70. The molecule has 34 heavy (non-hydrogen) atoms. The number of hydrogen-bond donors (Lipinski definition) is 0. The molecule has 7 heteroatoms. The second kappa shape index (κ2) is 10.6. The highest BCUT2D eigenvalue weighted by atomic mass is 16.5. The van der Waals surface area contributed by atoms with E-state index in [1.807, 2.05) is 54.3 Å². The summed E-state index contributed by atoms with van der Waals surface area (Å²) in [6, 6.07) is 18.2. The summed E-state index contributed by atoms with van der Waals surface area (Å²) in [5.74, 6) is -0.103. The lowest BCUT2D eigenvalue weighted by molar-refractivity contribution is 0.0303. The number of amides is 1. The summed E-state index contributed by atoms with van der Waals surface area (Å²) in [6.07, 6.45) is 2.12. The molecular weight excluding hydrogens is 430 g/mol. The molecule has 176 valence electrons. The first-order chi connectivity index (χ1) is 16.5. The van der Waals surface area contributed by atoms with E-state index in [2.05, 4.69) is 11.2 Å². The fourth-order valence-electron chi connectivity index (χ4n) is 4.50. The Labute approximate surface area is 199 Å². The molecule has 1 fully saturated rings. The zero-order valence-corrected chi connectivity index (χ0v) is 19.5. The number of nitrogens with zero attached hydrogens (tertiary/aromatic N) is 3. The first kappa shape index (κ1) is 23.6. The van der Waals surface area contributed by atoms with Crippen molar-refractivity contribution < 1.29 is 9.53 Å². The molecule has 7 nitrogen and oxygen atoms in total. The Morgan fingerprint density at radius 3 is 2.32 bits per heavy atom. The lowest BCUT2D eigenvalue weighted by atomic mass is 9.82. The van der Waals surface area contributed by atoms with Crippen LogP contribution in [0.3, 0.4) is 0 Å². The van der Waals surface area contributed by atoms with Crippen LogP contribution in [-0.2, 0) is 11.8 Å². The van der Waals surface area contributed by atoms with Gasteiger partial charge in [-0.15, -0.1) is 0 Å². The molecule has 3 aromatic rings. The van der Waals surface area contributed by atoms with E-state index < -0.39 is 6.04 Å². The van der Waals surface area contributed by atoms with Gasteiger partial charge in [0.25, 0.3) is 5.91 Å². The number of ether oxygens (including phenoxy) is 1. The van der Waals surface area contributed by atoms with Gasteiger partial charge in [0.05, 0.1) is 13.2 Å². The molecule has 2 unspecified atom stereocenters. The maximum atomic E-state index is 12.9. The van der Waals surface area contributed by atoms with Gasteiger partial charge in [-0.25, -0.2) is 0 Å². The van der Waals surface area contributed by atoms with Crippen molar-refractivity contribution in [3.8, 4) is 0 Å². The van der Waals surface area contributed by atoms with E-state index >= 15 is 0 Å². The average Bonchev–Trinajstić information content (AvgIpc) is 2.87. The normalized spacial score (nSPS) is 15.5. The van der Waals surface area contributed by atoms with Crippen molar-refractivity contribution in [2.75, 3.05) is 26.3 Å². The number of carbonyl (C=O) groups excluding carboxylic acids is 1. The van der Waals surface area contributed by atoms with E-state index in [1.165, 1.54) is 10.6 Å². The van der Waals surface area contributed by atoms with Crippen LogP contribution in [0, 0.1) is 11.8 Å². The van der Waals surface area contributed by atoms with Gasteiger partial charge < -0.3 is 14.2 Å². The monoisotopic (exact) mass is 459 g/mol. The third-order valence-corrected chi connectivity index (χ3v) is 6.50. The van der Waals surface area contributed by atoms with Gasteiger partial charge in [0.15, 0.2) is 0 Å². The number of nitroso groups, excluding NO2 is 1. The predicted octanol–water partition coefficient (Wildman–Crippen LogP) is 4.20. The summed E-state index contributed by atoms with van der Waals surface area (Å²) >= 11 is 0. The van der Waals surface area contributed by atoms with Crippen molar-refractivity contribution in [2.24, 2.45) is 12.2 Å². The average molecular weight is 460 g/mol. The summed E-state index contributed by atoms with van der Waals surface area (Å²) < 4.78 is 6.81. The molecule has 0 radical (unpaired) electrons. The van der Waals surface area contributed by atoms with Crippen LogP contribution in [0.4, 0.5) is 0 Å². The molecule has 2 heterocycles. The Morgan fingerprint density at radius 2 is 1.68 bits per heavy atom. The maximum Gasteiger partial charge on any atom is 0.254 e. The van der Waals surface area contributed by atoms with Gasteiger partial charge in [-0.3, -0.25) is 9.59 Å². The van der Waals surface area contributed by atoms with Crippen LogP contribution in [0.25, 0.3) is 0 Å². The number of carbonyl (C=O) groups is 1. The number of aryl methyl sites for hydroxylation is 2. The molecule has 1 aromatic heterocycles. The predicted molar refractivity (Wildman–Crippen MR) is 131 cm³/mol. The van der Waals surface area contributed by atoms with Gasteiger partial charge >= 0.3 is 0 Å². The van der Waals surface area contributed by atoms with Crippen molar-refractivity contribution in [3.05, 3.63) is 110 Å². The van der Waals surface area contributed by atoms with Gasteiger partial charge in [-0.05, 0) is 53.8 Å². The number of pyridine rings is 1. The molecule has 1 aliphatic heterocycles. The molecule has 1 aliphatic rings. The van der Waals surface area contributed by atoms with Crippen LogP contribution in [0.2, 0.25) is 0 Å². The molecule has 0 aliphatic carbocycles. The third kappa shape index (κ3) is 5.15. The molecule has 4 rings (SSSR count). The minimum absolute atomic E-state index is 0.0000656. The fourth-order valence-corrected chi connectivity index (χ4v) is 4.50. The SMILES string of the molecule is Cc1ccccc1C(CC(N=O)c1ccc(=O)n(C)c1)c1ccc(C(=O)N2CCOCC2)cc1. The first-order valence-corrected chi connectivity index (χ1v) is 11.5. The minimum Gasteiger partial charge on any atom is -0.378 e. The van der Waals surface area contributed by atoms with E-state index in [1.54, 1.807) is 19.3 Å². The van der Waals surface area contributed by atoms with Gasteiger partial charge in [0.2, 0.25) is 5.56 Å². The Morgan fingerprint density at radius 1 is 1.00 bits per heavy atom. The number of rotatable bonds is 7. The van der Waals surface area contributed by atoms with Crippen molar-refractivity contribution in [1.82, 2.24) is 9.47 Å². The van der Waals surface area contributed by atoms with E-state index in [-0.39, 0.29) is 17.4 Å². The van der Waals surface area contributed by atoms with Crippen LogP contribution in [-0.4, -0.2) is 41.7 Å². The third-order valence-electron chi connectivity index (χ3n) is 6.50. The quantitative estimate of drug-likeness (QED) is 0.496. The highest BCUT2D eigenvalue weighted by Gasteiger charge is 2.25. The lowest BCUT2D eigenvalue weighted by Crippen LogP contribution is -2.40. The minimum atomic E-state index is -0.619. The van der Waals surface area contributed by atoms with Crippen LogP contribution in [0.1, 0.15) is 51.0 Å². The fraction of sp³-hybridized carbons (Fsp3) is 0.333. The maximum absolute atomic E-state index is 12.9. The number of morpholine rings is 1. The highest BCUT2D eigenvalue weighted by molar-refractivity contribution is 5.94. The molecule has 0 bridgehead atoms. The van der Waals surface area contributed by atoms with Crippen molar-refractivity contribution >= 4 is 5.91 Å². The van der Waals surface area contributed by atoms with Crippen LogP contribution < -0.4 is 5.56 Å². The van der Waals surface area contributed by atoms with Gasteiger partial charge in [-0.1, -0.05) is 41.6 Å². The van der Waals surface area contributed by atoms with E-state index in [4.69, 9.17) is 4.74 Å². The Hall–Kier alpha value is -3.58. The topological polar surface area (TPSA) is 81.0 Å². The molecular formula is C27H29N3O4. The molecule has 0 saturated carbocycles. The standard InChI is InChI=1S/C27H29N3O4/c1-19-5-3-4-6-23(19)24(17-25(28-33)22-11-12-26(31)29(2)18-22)20-7-9-21(10-8-20)27(32)30-13-15-34-16-14-30/h3-12,18,24-25H,13-17H2,1-2H3. The van der Waals surface area contributed by atoms with E-state index in [0.717, 1.165) is 16.7 Å². The summed E-state index contributed by atoms with van der Waals surface area (Å²) in [7, 11) is 1.66. The summed E-state index contributed by atoms with van der Waals surface area (Å²) in [5.41, 5.74) is 4.43.